The van der Waals surface area contributed by atoms with Gasteiger partial charge in [0.2, 0.25) is 5.91 Å². The molecule has 0 fully saturated rings. The smallest absolute Gasteiger partial charge is 0.326 e. The summed E-state index contributed by atoms with van der Waals surface area (Å²) >= 11 is 0. The number of fused-ring (bicyclic) bond motifs is 1. The maximum absolute atomic E-state index is 12.7. The van der Waals surface area contributed by atoms with E-state index in [4.69, 9.17) is 0 Å². The number of nitrogens with zero attached hydrogens (tertiary/aromatic N) is 2. The van der Waals surface area contributed by atoms with Crippen molar-refractivity contribution in [1.82, 2.24) is 9.13 Å². The number of aromatic nitrogens is 2. The molecule has 136 valence electrons. The number of carbonyl (C=O) groups is 1. The van der Waals surface area contributed by atoms with Crippen LogP contribution in [0.5, 0.6) is 0 Å². The van der Waals surface area contributed by atoms with Crippen molar-refractivity contribution in [3.8, 4) is 0 Å². The van der Waals surface area contributed by atoms with Crippen LogP contribution in [0.2, 0.25) is 0 Å². The van der Waals surface area contributed by atoms with Gasteiger partial charge < -0.3 is 5.32 Å². The van der Waals surface area contributed by atoms with Crippen molar-refractivity contribution in [3.63, 3.8) is 0 Å². The van der Waals surface area contributed by atoms with Crippen LogP contribution in [-0.4, -0.2) is 15.0 Å². The third kappa shape index (κ3) is 3.57. The summed E-state index contributed by atoms with van der Waals surface area (Å²) in [6, 6.07) is 13.7. The molecule has 5 heteroatoms. The van der Waals surface area contributed by atoms with E-state index in [1.807, 2.05) is 56.3 Å². The van der Waals surface area contributed by atoms with Crippen molar-refractivity contribution in [2.45, 2.75) is 46.7 Å². The van der Waals surface area contributed by atoms with Gasteiger partial charge in [-0.15, -0.1) is 0 Å². The average Bonchev–Trinajstić information content (AvgIpc) is 2.88. The van der Waals surface area contributed by atoms with Crippen molar-refractivity contribution >= 4 is 22.6 Å². The summed E-state index contributed by atoms with van der Waals surface area (Å²) < 4.78 is 3.49. The van der Waals surface area contributed by atoms with Gasteiger partial charge in [0.15, 0.2) is 0 Å². The molecule has 0 aliphatic rings. The van der Waals surface area contributed by atoms with Crippen LogP contribution < -0.4 is 11.0 Å². The maximum Gasteiger partial charge on any atom is 0.329 e. The molecule has 5 nitrogen and oxygen atoms in total. The first kappa shape index (κ1) is 18.0. The predicted molar refractivity (Wildman–Crippen MR) is 106 cm³/mol. The van der Waals surface area contributed by atoms with E-state index in [0.717, 1.165) is 34.3 Å². The quantitative estimate of drug-likeness (QED) is 0.733. The van der Waals surface area contributed by atoms with E-state index in [2.05, 4.69) is 12.2 Å². The lowest BCUT2D eigenvalue weighted by molar-refractivity contribution is -0.116. The van der Waals surface area contributed by atoms with Crippen molar-refractivity contribution < 1.29 is 4.79 Å². The SMILES string of the molecule is CCCn1c(=O)n(CCC(=O)Nc2ccc(C)cc2C)c2ccccc21. The molecule has 0 aliphatic heterocycles. The second kappa shape index (κ2) is 7.60. The van der Waals surface area contributed by atoms with E-state index >= 15 is 0 Å². The summed E-state index contributed by atoms with van der Waals surface area (Å²) in [5, 5.41) is 2.95. The zero-order valence-corrected chi connectivity index (χ0v) is 15.6. The number of imidazole rings is 1. The highest BCUT2D eigenvalue weighted by molar-refractivity contribution is 5.91. The van der Waals surface area contributed by atoms with Crippen LogP contribution in [0.1, 0.15) is 30.9 Å². The normalized spacial score (nSPS) is 11.0. The molecule has 3 rings (SSSR count). The molecule has 0 unspecified atom stereocenters. The van der Waals surface area contributed by atoms with Gasteiger partial charge in [0.05, 0.1) is 11.0 Å². The van der Waals surface area contributed by atoms with Crippen molar-refractivity contribution in [2.24, 2.45) is 0 Å². The Labute approximate surface area is 153 Å². The number of benzene rings is 2. The number of hydrogen-bond acceptors (Lipinski definition) is 2. The molecular weight excluding hydrogens is 326 g/mol. The van der Waals surface area contributed by atoms with Gasteiger partial charge in [-0.05, 0) is 44.0 Å². The number of anilines is 1. The molecule has 0 bridgehead atoms. The van der Waals surface area contributed by atoms with E-state index in [1.165, 1.54) is 0 Å². The molecule has 0 saturated carbocycles. The van der Waals surface area contributed by atoms with Gasteiger partial charge in [0, 0.05) is 25.2 Å². The largest absolute Gasteiger partial charge is 0.329 e. The van der Waals surface area contributed by atoms with E-state index in [9.17, 15) is 9.59 Å². The van der Waals surface area contributed by atoms with Gasteiger partial charge in [0.25, 0.3) is 0 Å². The van der Waals surface area contributed by atoms with Gasteiger partial charge in [-0.2, -0.15) is 0 Å². The van der Waals surface area contributed by atoms with E-state index in [1.54, 1.807) is 9.13 Å². The van der Waals surface area contributed by atoms with Crippen molar-refractivity contribution in [2.75, 3.05) is 5.32 Å². The number of nitrogens with one attached hydrogen (secondary N) is 1. The Balaban J connectivity index is 1.78. The first-order valence-corrected chi connectivity index (χ1v) is 9.06. The van der Waals surface area contributed by atoms with Crippen LogP contribution in [0.3, 0.4) is 0 Å². The summed E-state index contributed by atoms with van der Waals surface area (Å²) in [4.78, 5) is 25.1. The molecule has 1 heterocycles. The second-order valence-corrected chi connectivity index (χ2v) is 6.69. The number of amides is 1. The molecule has 2 aromatic carbocycles. The lowest BCUT2D eigenvalue weighted by Gasteiger charge is -2.09. The summed E-state index contributed by atoms with van der Waals surface area (Å²) in [7, 11) is 0. The van der Waals surface area contributed by atoms with Crippen LogP contribution in [0.15, 0.2) is 47.3 Å². The molecule has 0 radical (unpaired) electrons. The highest BCUT2D eigenvalue weighted by Crippen LogP contribution is 2.17. The van der Waals surface area contributed by atoms with Gasteiger partial charge in [-0.3, -0.25) is 13.9 Å². The van der Waals surface area contributed by atoms with E-state index in [-0.39, 0.29) is 18.0 Å². The monoisotopic (exact) mass is 351 g/mol. The fourth-order valence-corrected chi connectivity index (χ4v) is 3.31. The number of rotatable bonds is 6. The molecule has 0 aliphatic carbocycles. The standard InChI is InChI=1S/C21H25N3O2/c1-4-12-23-18-7-5-6-8-19(18)24(21(23)26)13-11-20(25)22-17-10-9-15(2)14-16(17)3/h5-10,14H,4,11-13H2,1-3H3,(H,22,25). The molecular formula is C21H25N3O2. The summed E-state index contributed by atoms with van der Waals surface area (Å²) in [6.45, 7) is 7.10. The number of para-hydroxylation sites is 2. The van der Waals surface area contributed by atoms with Gasteiger partial charge in [-0.25, -0.2) is 4.79 Å². The molecule has 3 aromatic rings. The number of aryl methyl sites for hydroxylation is 4. The topological polar surface area (TPSA) is 56.0 Å². The lowest BCUT2D eigenvalue weighted by atomic mass is 10.1. The molecule has 26 heavy (non-hydrogen) atoms. The van der Waals surface area contributed by atoms with Gasteiger partial charge >= 0.3 is 5.69 Å². The maximum atomic E-state index is 12.7. The minimum Gasteiger partial charge on any atom is -0.326 e. The Kier molecular flexibility index (Phi) is 5.26. The fourth-order valence-electron chi connectivity index (χ4n) is 3.31. The second-order valence-electron chi connectivity index (χ2n) is 6.69. The Bertz CT molecular complexity index is 998. The molecule has 1 aromatic heterocycles. The minimum atomic E-state index is -0.0869. The Morgan fingerprint density at radius 3 is 2.27 bits per heavy atom. The Morgan fingerprint density at radius 2 is 1.65 bits per heavy atom. The molecule has 0 atom stereocenters. The number of carbonyl (C=O) groups excluding carboxylic acids is 1. The van der Waals surface area contributed by atoms with Crippen LogP contribution >= 0.6 is 0 Å². The summed E-state index contributed by atoms with van der Waals surface area (Å²) in [5.74, 6) is -0.0869. The Morgan fingerprint density at radius 1 is 1.00 bits per heavy atom. The lowest BCUT2D eigenvalue weighted by Crippen LogP contribution is -2.26. The van der Waals surface area contributed by atoms with E-state index < -0.39 is 0 Å². The van der Waals surface area contributed by atoms with Crippen LogP contribution in [0.25, 0.3) is 11.0 Å². The fraction of sp³-hybridized carbons (Fsp3) is 0.333. The Hall–Kier alpha value is -2.82. The third-order valence-corrected chi connectivity index (χ3v) is 4.59. The summed E-state index contributed by atoms with van der Waals surface area (Å²) in [5.41, 5.74) is 4.78. The molecule has 1 amide bonds. The third-order valence-electron chi connectivity index (χ3n) is 4.59. The predicted octanol–water partition coefficient (Wildman–Crippen LogP) is 3.86. The summed E-state index contributed by atoms with van der Waals surface area (Å²) in [6.07, 6.45) is 1.15. The van der Waals surface area contributed by atoms with Crippen LogP contribution in [0, 0.1) is 13.8 Å². The number of hydrogen-bond donors (Lipinski definition) is 1. The minimum absolute atomic E-state index is 0.0487. The van der Waals surface area contributed by atoms with Gasteiger partial charge in [0.1, 0.15) is 0 Å². The molecule has 0 saturated heterocycles. The molecule has 1 N–H and O–H groups in total. The zero-order chi connectivity index (χ0) is 18.7. The van der Waals surface area contributed by atoms with E-state index in [0.29, 0.717) is 13.1 Å². The highest BCUT2D eigenvalue weighted by Gasteiger charge is 2.13. The van der Waals surface area contributed by atoms with Crippen LogP contribution in [-0.2, 0) is 17.9 Å². The zero-order valence-electron chi connectivity index (χ0n) is 15.6. The van der Waals surface area contributed by atoms with Crippen molar-refractivity contribution in [1.29, 1.82) is 0 Å². The van der Waals surface area contributed by atoms with Crippen LogP contribution in [0.4, 0.5) is 5.69 Å². The van der Waals surface area contributed by atoms with Gasteiger partial charge in [-0.1, -0.05) is 36.8 Å². The average molecular weight is 351 g/mol. The highest BCUT2D eigenvalue weighted by atomic mass is 16.2. The first-order valence-electron chi connectivity index (χ1n) is 9.06. The molecule has 0 spiro atoms. The van der Waals surface area contributed by atoms with Crippen molar-refractivity contribution in [3.05, 3.63) is 64.1 Å². The first-order chi connectivity index (χ1) is 12.5.